The summed E-state index contributed by atoms with van der Waals surface area (Å²) in [6, 6.07) is 9.07. The van der Waals surface area contributed by atoms with Crippen molar-refractivity contribution in [2.75, 3.05) is 28.2 Å². The Hall–Kier alpha value is -7.46. The van der Waals surface area contributed by atoms with Gasteiger partial charge in [0.2, 0.25) is 0 Å². The lowest BCUT2D eigenvalue weighted by molar-refractivity contribution is -0.176. The SMILES string of the molecule is CC(C)C[C@H]1C(=O)O[C@H](Cc2cccc(Cn3ccnc3CO)c2)C(=O)N(C)[C@@H](CC(C)C)C(=O)O[C@H](C)C(=O)N(C)[C@@H](CC(C)C)C(=O)O[C@H](Cc2ccc(Cn3ccnc3CO)cc2)C(=O)N(C)[C@@H](CC(C)C)C(=O)O[C@H](C)C(=O)N1C. The summed E-state index contributed by atoms with van der Waals surface area (Å²) >= 11 is 0. The molecule has 22 nitrogen and oxygen atoms in total. The van der Waals surface area contributed by atoms with E-state index in [1.165, 1.54) is 42.0 Å². The molecule has 0 radical (unpaired) electrons. The van der Waals surface area contributed by atoms with Crippen molar-refractivity contribution in [2.24, 2.45) is 23.7 Å². The van der Waals surface area contributed by atoms with E-state index in [0.29, 0.717) is 35.9 Å². The zero-order valence-electron chi connectivity index (χ0n) is 51.3. The molecule has 0 saturated carbocycles. The highest BCUT2D eigenvalue weighted by molar-refractivity contribution is 5.94. The molecule has 1 aliphatic heterocycles. The molecule has 84 heavy (non-hydrogen) atoms. The van der Waals surface area contributed by atoms with Crippen LogP contribution in [0.5, 0.6) is 0 Å². The van der Waals surface area contributed by atoms with Crippen molar-refractivity contribution < 1.29 is 67.5 Å². The van der Waals surface area contributed by atoms with Gasteiger partial charge in [0.05, 0.1) is 0 Å². The number of carbonyl (C=O) groups excluding carboxylic acids is 8. The number of likely N-dealkylation sites (N-methyl/N-ethyl adjacent to an activating group) is 4. The Bertz CT molecular complexity index is 2870. The summed E-state index contributed by atoms with van der Waals surface area (Å²) in [6.45, 7) is 17.5. The number of rotatable bonds is 18. The van der Waals surface area contributed by atoms with Crippen molar-refractivity contribution in [1.82, 2.24) is 38.7 Å². The number of carbonyl (C=O) groups is 8. The zero-order chi connectivity index (χ0) is 62.3. The van der Waals surface area contributed by atoms with Crippen LogP contribution in [0.4, 0.5) is 0 Å². The second-order valence-electron chi connectivity index (χ2n) is 23.7. The summed E-state index contributed by atoms with van der Waals surface area (Å²) in [5.74, 6) is -6.86. The van der Waals surface area contributed by atoms with E-state index in [1.807, 2.05) is 79.7 Å². The number of amides is 4. The molecule has 2 aromatic heterocycles. The fourth-order valence-electron chi connectivity index (χ4n) is 10.2. The van der Waals surface area contributed by atoms with Crippen LogP contribution in [0.2, 0.25) is 0 Å². The average Bonchev–Trinajstić information content (AvgIpc) is 4.03. The second-order valence-corrected chi connectivity index (χ2v) is 23.7. The lowest BCUT2D eigenvalue weighted by atomic mass is 9.99. The molecule has 1 aliphatic rings. The Morgan fingerprint density at radius 1 is 0.440 bits per heavy atom. The van der Waals surface area contributed by atoms with Crippen molar-refractivity contribution in [3.05, 3.63) is 107 Å². The van der Waals surface area contributed by atoms with Crippen LogP contribution in [-0.4, -0.2) is 173 Å². The van der Waals surface area contributed by atoms with E-state index in [4.69, 9.17) is 18.9 Å². The summed E-state index contributed by atoms with van der Waals surface area (Å²) < 4.78 is 27.8. The number of nitrogens with zero attached hydrogens (tertiary/aromatic N) is 8. The maximum atomic E-state index is 15.1. The normalized spacial score (nSPS) is 22.7. The number of cyclic esters (lactones) is 4. The third-order valence-corrected chi connectivity index (χ3v) is 14.9. The minimum Gasteiger partial charge on any atom is -0.451 e. The average molecular weight is 1170 g/mol. The first-order valence-corrected chi connectivity index (χ1v) is 28.9. The Balaban J connectivity index is 1.60. The van der Waals surface area contributed by atoms with E-state index in [1.54, 1.807) is 58.2 Å². The molecule has 1 saturated heterocycles. The summed E-state index contributed by atoms with van der Waals surface area (Å²) in [6.07, 6.45) is 0.271. The maximum absolute atomic E-state index is 15.1. The van der Waals surface area contributed by atoms with E-state index < -0.39 is 96.1 Å². The second kappa shape index (κ2) is 30.9. The van der Waals surface area contributed by atoms with Gasteiger partial charge >= 0.3 is 23.9 Å². The van der Waals surface area contributed by atoms with Crippen LogP contribution in [-0.2, 0) is 96.4 Å². The smallest absolute Gasteiger partial charge is 0.329 e. The molecule has 4 aromatic rings. The van der Waals surface area contributed by atoms with Crippen LogP contribution in [0.15, 0.2) is 73.3 Å². The van der Waals surface area contributed by atoms with Crippen LogP contribution in [0.3, 0.4) is 0 Å². The topological polar surface area (TPSA) is 263 Å². The van der Waals surface area contributed by atoms with Crippen LogP contribution in [0, 0.1) is 23.7 Å². The van der Waals surface area contributed by atoms with Gasteiger partial charge in [-0.05, 0) is 85.5 Å². The van der Waals surface area contributed by atoms with E-state index in [0.717, 1.165) is 30.7 Å². The summed E-state index contributed by atoms with van der Waals surface area (Å²) in [4.78, 5) is 131. The third kappa shape index (κ3) is 18.3. The Labute approximate surface area is 493 Å². The number of hydrogen-bond donors (Lipinski definition) is 2. The Morgan fingerprint density at radius 2 is 0.762 bits per heavy atom. The molecule has 2 aromatic carbocycles. The summed E-state index contributed by atoms with van der Waals surface area (Å²) in [5.41, 5.74) is 2.75. The first-order valence-electron chi connectivity index (χ1n) is 28.9. The third-order valence-electron chi connectivity index (χ3n) is 14.9. The van der Waals surface area contributed by atoms with Gasteiger partial charge in [-0.15, -0.1) is 0 Å². The Kier molecular flexibility index (Phi) is 24.8. The van der Waals surface area contributed by atoms with Gasteiger partial charge in [-0.2, -0.15) is 0 Å². The minimum absolute atomic E-state index is 0.0536. The highest BCUT2D eigenvalue weighted by Crippen LogP contribution is 2.25. The lowest BCUT2D eigenvalue weighted by Crippen LogP contribution is -2.55. The molecule has 8 atom stereocenters. The van der Waals surface area contributed by atoms with Gasteiger partial charge in [-0.1, -0.05) is 104 Å². The molecule has 22 heteroatoms. The van der Waals surface area contributed by atoms with Crippen LogP contribution >= 0.6 is 0 Å². The zero-order valence-corrected chi connectivity index (χ0v) is 51.3. The van der Waals surface area contributed by atoms with Gasteiger partial charge in [0.25, 0.3) is 23.6 Å². The van der Waals surface area contributed by atoms with Gasteiger partial charge in [0.15, 0.2) is 24.4 Å². The van der Waals surface area contributed by atoms with E-state index in [2.05, 4.69) is 9.97 Å². The number of aliphatic hydroxyl groups excluding tert-OH is 2. The van der Waals surface area contributed by atoms with Crippen molar-refractivity contribution in [2.45, 2.75) is 183 Å². The van der Waals surface area contributed by atoms with Crippen LogP contribution < -0.4 is 0 Å². The monoisotopic (exact) mass is 1170 g/mol. The number of imidazole rings is 2. The molecule has 0 spiro atoms. The van der Waals surface area contributed by atoms with Crippen LogP contribution in [0.1, 0.15) is 129 Å². The molecular weight excluding hydrogens is 1080 g/mol. The van der Waals surface area contributed by atoms with Crippen molar-refractivity contribution >= 4 is 47.5 Å². The van der Waals surface area contributed by atoms with Crippen molar-refractivity contribution in [3.8, 4) is 0 Å². The number of aliphatic hydroxyl groups is 2. The molecule has 3 heterocycles. The van der Waals surface area contributed by atoms with E-state index in [-0.39, 0.29) is 75.4 Å². The molecule has 1 fully saturated rings. The number of aromatic nitrogens is 4. The maximum Gasteiger partial charge on any atom is 0.329 e. The van der Waals surface area contributed by atoms with Crippen molar-refractivity contribution in [1.29, 1.82) is 0 Å². The molecule has 2 N–H and O–H groups in total. The fraction of sp³-hybridized carbons (Fsp3) is 0.581. The van der Waals surface area contributed by atoms with E-state index in [9.17, 15) is 39.0 Å². The molecule has 0 aliphatic carbocycles. The highest BCUT2D eigenvalue weighted by Gasteiger charge is 2.43. The predicted octanol–water partition coefficient (Wildman–Crippen LogP) is 5.14. The first-order chi connectivity index (χ1) is 39.6. The fourth-order valence-corrected chi connectivity index (χ4v) is 10.2. The van der Waals surface area contributed by atoms with Crippen LogP contribution in [0.25, 0.3) is 0 Å². The largest absolute Gasteiger partial charge is 0.451 e. The predicted molar refractivity (Wildman–Crippen MR) is 310 cm³/mol. The number of benzene rings is 2. The van der Waals surface area contributed by atoms with Gasteiger partial charge in [0.1, 0.15) is 49.0 Å². The van der Waals surface area contributed by atoms with Crippen molar-refractivity contribution in [3.63, 3.8) is 0 Å². The van der Waals surface area contributed by atoms with Gasteiger partial charge in [-0.25, -0.2) is 29.1 Å². The van der Waals surface area contributed by atoms with Gasteiger partial charge < -0.3 is 57.9 Å². The highest BCUT2D eigenvalue weighted by atomic mass is 16.6. The number of ether oxygens (including phenoxy) is 4. The standard InChI is InChI=1S/C62H88N8O14/c1-37(2)26-47-59(77)81-42(10)56(74)66(12)50(29-40(7)8)62(80)84-52(32-45-16-15-17-46(30-45)34-70-25-23-64-54(70)36-72)58(76)68(14)48(27-38(3)4)60(78)82-41(9)55(73)65(11)49(28-39(5)6)61(79)83-51(57(75)67(47)13)31-43-18-20-44(21-19-43)33-69-24-22-63-53(69)35-71/h15-25,30,37-42,47-52,71-72H,26-29,31-36H2,1-14H3/t41-,42-,47+,48+,49+,50+,51-,52-/m1/s1. The molecule has 460 valence electrons. The number of esters is 4. The lowest BCUT2D eigenvalue weighted by Gasteiger charge is -2.35. The molecule has 0 bridgehead atoms. The molecular formula is C62H88N8O14. The molecule has 4 amide bonds. The molecule has 5 rings (SSSR count). The van der Waals surface area contributed by atoms with E-state index >= 15 is 9.59 Å². The summed E-state index contributed by atoms with van der Waals surface area (Å²) in [7, 11) is 5.49. The number of hydrogen-bond acceptors (Lipinski definition) is 16. The first kappa shape index (κ1) is 67.3. The van der Waals surface area contributed by atoms with Gasteiger partial charge in [0, 0.05) is 78.9 Å². The summed E-state index contributed by atoms with van der Waals surface area (Å²) in [5, 5.41) is 19.6. The Morgan fingerprint density at radius 3 is 1.13 bits per heavy atom. The quantitative estimate of drug-likeness (QED) is 0.0965. The minimum atomic E-state index is -1.59. The molecule has 0 unspecified atom stereocenters. The van der Waals surface area contributed by atoms with Gasteiger partial charge in [-0.3, -0.25) is 19.2 Å².